The van der Waals surface area contributed by atoms with E-state index in [0.29, 0.717) is 12.5 Å². The minimum Gasteiger partial charge on any atom is -0.326 e. The van der Waals surface area contributed by atoms with Crippen LogP contribution in [0.15, 0.2) is 0 Å². The second-order valence-corrected chi connectivity index (χ2v) is 9.01. The third-order valence-electron chi connectivity index (χ3n) is 3.62. The zero-order valence-electron chi connectivity index (χ0n) is 12.6. The lowest BCUT2D eigenvalue weighted by molar-refractivity contribution is 0.338. The van der Waals surface area contributed by atoms with Gasteiger partial charge in [-0.25, -0.2) is 13.1 Å². The maximum absolute atomic E-state index is 12.0. The van der Waals surface area contributed by atoms with Gasteiger partial charge in [0, 0.05) is 12.6 Å². The van der Waals surface area contributed by atoms with E-state index >= 15 is 0 Å². The van der Waals surface area contributed by atoms with Gasteiger partial charge in [-0.15, -0.1) is 0 Å². The molecule has 114 valence electrons. The lowest BCUT2D eigenvalue weighted by atomic mass is 9.88. The van der Waals surface area contributed by atoms with E-state index in [4.69, 9.17) is 5.73 Å². The van der Waals surface area contributed by atoms with Gasteiger partial charge in [0.2, 0.25) is 10.0 Å². The molecule has 0 aliphatic heterocycles. The standard InChI is InChI=1S/C14H30N2O2S/c1-14(2,3)9-13(15)10-16-19(17,18)11-12-7-5-4-6-8-12/h12-13,16H,4-11,15H2,1-3H3. The van der Waals surface area contributed by atoms with Crippen molar-refractivity contribution >= 4 is 10.0 Å². The van der Waals surface area contributed by atoms with Crippen molar-refractivity contribution in [1.82, 2.24) is 4.72 Å². The second kappa shape index (κ2) is 7.04. The highest BCUT2D eigenvalue weighted by molar-refractivity contribution is 7.89. The van der Waals surface area contributed by atoms with Gasteiger partial charge in [-0.05, 0) is 30.6 Å². The summed E-state index contributed by atoms with van der Waals surface area (Å²) in [7, 11) is -3.16. The van der Waals surface area contributed by atoms with Crippen molar-refractivity contribution in [2.75, 3.05) is 12.3 Å². The highest BCUT2D eigenvalue weighted by Gasteiger charge is 2.22. The Labute approximate surface area is 118 Å². The number of hydrogen-bond acceptors (Lipinski definition) is 3. The fourth-order valence-corrected chi connectivity index (χ4v) is 4.36. The van der Waals surface area contributed by atoms with Crippen molar-refractivity contribution in [2.45, 2.75) is 65.3 Å². The summed E-state index contributed by atoms with van der Waals surface area (Å²) in [4.78, 5) is 0. The number of rotatable bonds is 6. The quantitative estimate of drug-likeness (QED) is 0.788. The molecule has 5 heteroatoms. The normalized spacial score (nSPS) is 20.4. The molecule has 0 spiro atoms. The average molecular weight is 290 g/mol. The van der Waals surface area contributed by atoms with E-state index in [0.717, 1.165) is 19.3 Å². The lowest BCUT2D eigenvalue weighted by Crippen LogP contribution is -2.41. The van der Waals surface area contributed by atoms with Crippen LogP contribution in [0.2, 0.25) is 0 Å². The molecule has 0 amide bonds. The van der Waals surface area contributed by atoms with Crippen LogP contribution in [0.3, 0.4) is 0 Å². The van der Waals surface area contributed by atoms with Crippen molar-refractivity contribution in [3.63, 3.8) is 0 Å². The van der Waals surface area contributed by atoms with Crippen LogP contribution in [0.5, 0.6) is 0 Å². The first-order chi connectivity index (χ1) is 8.68. The zero-order valence-corrected chi connectivity index (χ0v) is 13.4. The Bertz CT molecular complexity index is 354. The molecule has 1 atom stereocenters. The molecule has 1 rings (SSSR count). The average Bonchev–Trinajstić information content (AvgIpc) is 2.25. The first kappa shape index (κ1) is 16.9. The summed E-state index contributed by atoms with van der Waals surface area (Å²) in [6, 6.07) is -0.110. The van der Waals surface area contributed by atoms with Crippen LogP contribution in [0.4, 0.5) is 0 Å². The Morgan fingerprint density at radius 2 is 1.79 bits per heavy atom. The maximum atomic E-state index is 12.0. The van der Waals surface area contributed by atoms with E-state index < -0.39 is 10.0 Å². The number of nitrogens with two attached hydrogens (primary N) is 1. The minimum atomic E-state index is -3.16. The molecule has 1 fully saturated rings. The molecule has 0 aromatic rings. The largest absolute Gasteiger partial charge is 0.326 e. The molecule has 0 aromatic heterocycles. The van der Waals surface area contributed by atoms with Crippen LogP contribution in [-0.4, -0.2) is 26.8 Å². The van der Waals surface area contributed by atoms with E-state index in [1.54, 1.807) is 0 Å². The predicted octanol–water partition coefficient (Wildman–Crippen LogP) is 2.25. The Kier molecular flexibility index (Phi) is 6.27. The summed E-state index contributed by atoms with van der Waals surface area (Å²) in [5.74, 6) is 0.611. The van der Waals surface area contributed by atoms with Gasteiger partial charge < -0.3 is 5.73 Å². The fourth-order valence-electron chi connectivity index (χ4n) is 2.82. The van der Waals surface area contributed by atoms with Crippen molar-refractivity contribution in [1.29, 1.82) is 0 Å². The molecule has 4 nitrogen and oxygen atoms in total. The third kappa shape index (κ3) is 7.90. The van der Waals surface area contributed by atoms with Crippen LogP contribution in [0.25, 0.3) is 0 Å². The van der Waals surface area contributed by atoms with Crippen LogP contribution in [-0.2, 0) is 10.0 Å². The van der Waals surface area contributed by atoms with Gasteiger partial charge in [0.15, 0.2) is 0 Å². The first-order valence-electron chi connectivity index (χ1n) is 7.41. The molecule has 0 aromatic carbocycles. The molecule has 0 heterocycles. The topological polar surface area (TPSA) is 72.2 Å². The number of hydrogen-bond donors (Lipinski definition) is 2. The van der Waals surface area contributed by atoms with Gasteiger partial charge in [-0.1, -0.05) is 40.0 Å². The Morgan fingerprint density at radius 1 is 1.21 bits per heavy atom. The summed E-state index contributed by atoms with van der Waals surface area (Å²) in [5, 5.41) is 0. The highest BCUT2D eigenvalue weighted by Crippen LogP contribution is 2.24. The number of sulfonamides is 1. The number of nitrogens with one attached hydrogen (secondary N) is 1. The van der Waals surface area contributed by atoms with Crippen LogP contribution >= 0.6 is 0 Å². The summed E-state index contributed by atoms with van der Waals surface area (Å²) >= 11 is 0. The van der Waals surface area contributed by atoms with Gasteiger partial charge in [0.05, 0.1) is 5.75 Å². The molecule has 1 aliphatic rings. The monoisotopic (exact) mass is 290 g/mol. The third-order valence-corrected chi connectivity index (χ3v) is 5.14. The van der Waals surface area contributed by atoms with Crippen LogP contribution < -0.4 is 10.5 Å². The Balaban J connectivity index is 2.33. The van der Waals surface area contributed by atoms with E-state index in [9.17, 15) is 8.42 Å². The smallest absolute Gasteiger partial charge is 0.211 e. The predicted molar refractivity (Wildman–Crippen MR) is 80.4 cm³/mol. The van der Waals surface area contributed by atoms with Crippen molar-refractivity contribution in [3.8, 4) is 0 Å². The molecule has 0 bridgehead atoms. The van der Waals surface area contributed by atoms with E-state index in [-0.39, 0.29) is 17.2 Å². The summed E-state index contributed by atoms with van der Waals surface area (Å²) in [5.41, 5.74) is 6.11. The summed E-state index contributed by atoms with van der Waals surface area (Å²) in [6.45, 7) is 6.70. The molecule has 0 radical (unpaired) electrons. The Hall–Kier alpha value is -0.130. The van der Waals surface area contributed by atoms with Crippen molar-refractivity contribution in [3.05, 3.63) is 0 Å². The lowest BCUT2D eigenvalue weighted by Gasteiger charge is -2.24. The summed E-state index contributed by atoms with van der Waals surface area (Å²) in [6.07, 6.45) is 6.51. The highest BCUT2D eigenvalue weighted by atomic mass is 32.2. The van der Waals surface area contributed by atoms with Crippen LogP contribution in [0.1, 0.15) is 59.3 Å². The van der Waals surface area contributed by atoms with E-state index in [2.05, 4.69) is 25.5 Å². The molecule has 19 heavy (non-hydrogen) atoms. The van der Waals surface area contributed by atoms with Gasteiger partial charge in [0.25, 0.3) is 0 Å². The summed E-state index contributed by atoms with van der Waals surface area (Å²) < 4.78 is 26.7. The van der Waals surface area contributed by atoms with Crippen LogP contribution in [0, 0.1) is 11.3 Å². The fraction of sp³-hybridized carbons (Fsp3) is 1.00. The molecule has 3 N–H and O–H groups in total. The van der Waals surface area contributed by atoms with Gasteiger partial charge in [-0.3, -0.25) is 0 Å². The Morgan fingerprint density at radius 3 is 2.32 bits per heavy atom. The zero-order chi connectivity index (χ0) is 14.5. The van der Waals surface area contributed by atoms with E-state index in [1.807, 2.05) is 0 Å². The molecular weight excluding hydrogens is 260 g/mol. The molecule has 1 unspecified atom stereocenters. The van der Waals surface area contributed by atoms with Gasteiger partial charge >= 0.3 is 0 Å². The first-order valence-corrected chi connectivity index (χ1v) is 9.06. The minimum absolute atomic E-state index is 0.110. The second-order valence-electron chi connectivity index (χ2n) is 7.16. The van der Waals surface area contributed by atoms with E-state index in [1.165, 1.54) is 19.3 Å². The van der Waals surface area contributed by atoms with Crippen molar-refractivity contribution in [2.24, 2.45) is 17.1 Å². The molecular formula is C14H30N2O2S. The molecule has 1 aliphatic carbocycles. The molecule has 0 saturated heterocycles. The SMILES string of the molecule is CC(C)(C)CC(N)CNS(=O)(=O)CC1CCCCC1. The maximum Gasteiger partial charge on any atom is 0.211 e. The van der Waals surface area contributed by atoms with Crippen molar-refractivity contribution < 1.29 is 8.42 Å². The molecule has 1 saturated carbocycles. The van der Waals surface area contributed by atoms with Gasteiger partial charge in [-0.2, -0.15) is 0 Å². The van der Waals surface area contributed by atoms with Gasteiger partial charge in [0.1, 0.15) is 0 Å².